The molecule has 7 nitrogen and oxygen atoms in total. The topological polar surface area (TPSA) is 73.8 Å². The van der Waals surface area contributed by atoms with Crippen LogP contribution in [0.2, 0.25) is 0 Å². The van der Waals surface area contributed by atoms with E-state index in [2.05, 4.69) is 4.98 Å². The van der Waals surface area contributed by atoms with Gasteiger partial charge in [0.2, 0.25) is 11.8 Å². The highest BCUT2D eigenvalue weighted by atomic mass is 32.1. The van der Waals surface area contributed by atoms with Gasteiger partial charge in [-0.2, -0.15) is 0 Å². The molecular weight excluding hydrogens is 438 g/mol. The van der Waals surface area contributed by atoms with E-state index in [9.17, 15) is 23.2 Å². The lowest BCUT2D eigenvalue weighted by Crippen LogP contribution is -2.37. The third-order valence-electron chi connectivity index (χ3n) is 5.05. The van der Waals surface area contributed by atoms with Crippen LogP contribution in [0.4, 0.5) is 19.6 Å². The molecule has 0 spiro atoms. The molecule has 10 heteroatoms. The number of halogens is 2. The van der Waals surface area contributed by atoms with Crippen molar-refractivity contribution in [2.24, 2.45) is 0 Å². The van der Waals surface area contributed by atoms with Crippen LogP contribution < -0.4 is 9.80 Å². The highest BCUT2D eigenvalue weighted by Crippen LogP contribution is 2.32. The Hall–Kier alpha value is -3.24. The van der Waals surface area contributed by atoms with Crippen molar-refractivity contribution >= 4 is 50.1 Å². The Morgan fingerprint density at radius 2 is 1.81 bits per heavy atom. The van der Waals surface area contributed by atoms with Crippen molar-refractivity contribution in [3.63, 3.8) is 0 Å². The maximum atomic E-state index is 14.2. The second-order valence-electron chi connectivity index (χ2n) is 7.66. The van der Waals surface area contributed by atoms with Gasteiger partial charge in [0.25, 0.3) is 5.91 Å². The zero-order chi connectivity index (χ0) is 23.0. The zero-order valence-corrected chi connectivity index (χ0v) is 18.3. The van der Waals surface area contributed by atoms with E-state index in [4.69, 9.17) is 0 Å². The van der Waals surface area contributed by atoms with E-state index in [1.807, 2.05) is 19.0 Å². The molecule has 3 aromatic rings. The fourth-order valence-corrected chi connectivity index (χ4v) is 4.47. The minimum Gasteiger partial charge on any atom is -0.308 e. The van der Waals surface area contributed by atoms with E-state index in [1.165, 1.54) is 17.0 Å². The van der Waals surface area contributed by atoms with E-state index < -0.39 is 17.5 Å². The number of imide groups is 1. The van der Waals surface area contributed by atoms with Crippen LogP contribution in [0, 0.1) is 11.6 Å². The van der Waals surface area contributed by atoms with Crippen LogP contribution in [0.5, 0.6) is 0 Å². The van der Waals surface area contributed by atoms with Gasteiger partial charge in [0.15, 0.2) is 10.9 Å². The summed E-state index contributed by atoms with van der Waals surface area (Å²) in [5.74, 6) is -2.56. The average Bonchev–Trinajstić information content (AvgIpc) is 3.31. The molecule has 0 N–H and O–H groups in total. The van der Waals surface area contributed by atoms with Crippen molar-refractivity contribution in [1.82, 2.24) is 9.88 Å². The van der Waals surface area contributed by atoms with Gasteiger partial charge >= 0.3 is 0 Å². The summed E-state index contributed by atoms with van der Waals surface area (Å²) in [5, 5.41) is 0.232. The lowest BCUT2D eigenvalue weighted by molar-refractivity contribution is -0.121. The number of benzene rings is 2. The molecule has 0 aliphatic carbocycles. The van der Waals surface area contributed by atoms with Crippen molar-refractivity contribution < 1.29 is 23.2 Å². The number of aromatic nitrogens is 1. The monoisotopic (exact) mass is 458 g/mol. The lowest BCUT2D eigenvalue weighted by Gasteiger charge is -2.22. The summed E-state index contributed by atoms with van der Waals surface area (Å²) in [6.07, 6.45) is 0.277. The first-order valence-corrected chi connectivity index (χ1v) is 10.7. The van der Waals surface area contributed by atoms with Crippen LogP contribution in [0.3, 0.4) is 0 Å². The molecule has 3 amide bonds. The number of hydrogen-bond acceptors (Lipinski definition) is 6. The third kappa shape index (κ3) is 4.23. The molecule has 166 valence electrons. The number of carbonyl (C=O) groups is 3. The Balaban J connectivity index is 1.72. The summed E-state index contributed by atoms with van der Waals surface area (Å²) in [6.45, 7) is 0.753. The van der Waals surface area contributed by atoms with E-state index in [1.54, 1.807) is 18.2 Å². The first kappa shape index (κ1) is 22.0. The molecular formula is C22H20F2N4O3S. The van der Waals surface area contributed by atoms with Gasteiger partial charge in [-0.1, -0.05) is 17.4 Å². The van der Waals surface area contributed by atoms with Gasteiger partial charge in [0.1, 0.15) is 11.3 Å². The van der Waals surface area contributed by atoms with Crippen LogP contribution in [0.15, 0.2) is 36.4 Å². The molecule has 1 aliphatic heterocycles. The van der Waals surface area contributed by atoms with E-state index in [0.29, 0.717) is 16.9 Å². The number of fused-ring (bicyclic) bond motifs is 1. The second-order valence-corrected chi connectivity index (χ2v) is 8.67. The number of amides is 3. The van der Waals surface area contributed by atoms with Crippen molar-refractivity contribution in [3.8, 4) is 0 Å². The fraction of sp³-hybridized carbons (Fsp3) is 0.273. The lowest BCUT2D eigenvalue weighted by atomic mass is 10.1. The minimum atomic E-state index is -0.796. The van der Waals surface area contributed by atoms with E-state index in [0.717, 1.165) is 22.3 Å². The summed E-state index contributed by atoms with van der Waals surface area (Å²) in [6, 6.07) is 8.19. The molecule has 0 saturated carbocycles. The number of nitrogens with zero attached hydrogens (tertiary/aromatic N) is 4. The molecule has 0 unspecified atom stereocenters. The van der Waals surface area contributed by atoms with Crippen molar-refractivity contribution in [1.29, 1.82) is 0 Å². The molecule has 4 rings (SSSR count). The Bertz CT molecular complexity index is 1210. The first-order chi connectivity index (χ1) is 15.2. The number of anilines is 2. The summed E-state index contributed by atoms with van der Waals surface area (Å²) in [7, 11) is 3.70. The molecule has 1 aliphatic rings. The minimum absolute atomic E-state index is 0.00364. The summed E-state index contributed by atoms with van der Waals surface area (Å²) >= 11 is 1.02. The van der Waals surface area contributed by atoms with Crippen molar-refractivity contribution in [3.05, 3.63) is 53.6 Å². The predicted molar refractivity (Wildman–Crippen MR) is 118 cm³/mol. The van der Waals surface area contributed by atoms with Gasteiger partial charge in [-0.05, 0) is 38.4 Å². The molecule has 1 aromatic heterocycles. The zero-order valence-electron chi connectivity index (χ0n) is 17.5. The van der Waals surface area contributed by atoms with Crippen LogP contribution in [0.1, 0.15) is 23.2 Å². The van der Waals surface area contributed by atoms with Gasteiger partial charge in [-0.3, -0.25) is 24.2 Å². The molecule has 0 atom stereocenters. The largest absolute Gasteiger partial charge is 0.308 e. The van der Waals surface area contributed by atoms with Crippen LogP contribution in [0.25, 0.3) is 10.2 Å². The Morgan fingerprint density at radius 3 is 2.50 bits per heavy atom. The second kappa shape index (κ2) is 8.71. The quantitative estimate of drug-likeness (QED) is 0.529. The van der Waals surface area contributed by atoms with Crippen LogP contribution in [-0.4, -0.2) is 54.8 Å². The molecule has 2 heterocycles. The predicted octanol–water partition coefficient (Wildman–Crippen LogP) is 3.44. The van der Waals surface area contributed by atoms with Crippen LogP contribution in [-0.2, 0) is 9.59 Å². The number of hydrogen-bond donors (Lipinski definition) is 0. The molecule has 0 radical (unpaired) electrons. The maximum Gasteiger partial charge on any atom is 0.260 e. The summed E-state index contributed by atoms with van der Waals surface area (Å²) < 4.78 is 28.1. The number of rotatable bonds is 6. The third-order valence-corrected chi connectivity index (χ3v) is 6.08. The highest BCUT2D eigenvalue weighted by molar-refractivity contribution is 7.22. The van der Waals surface area contributed by atoms with Gasteiger partial charge in [0, 0.05) is 37.6 Å². The number of likely N-dealkylation sites (N-methyl/N-ethyl adjacent to an activating group) is 1. The average molecular weight is 458 g/mol. The van der Waals surface area contributed by atoms with Crippen LogP contribution >= 0.6 is 11.3 Å². The van der Waals surface area contributed by atoms with Gasteiger partial charge in [-0.25, -0.2) is 13.8 Å². The van der Waals surface area contributed by atoms with Gasteiger partial charge < -0.3 is 4.90 Å². The number of thiazole rings is 1. The molecule has 1 saturated heterocycles. The highest BCUT2D eigenvalue weighted by Gasteiger charge is 2.31. The summed E-state index contributed by atoms with van der Waals surface area (Å²) in [5.41, 5.74) is 0.573. The van der Waals surface area contributed by atoms with E-state index in [-0.39, 0.29) is 47.4 Å². The van der Waals surface area contributed by atoms with E-state index >= 15 is 0 Å². The molecule has 32 heavy (non-hydrogen) atoms. The molecule has 2 aromatic carbocycles. The normalized spacial score (nSPS) is 14.1. The van der Waals surface area contributed by atoms with Gasteiger partial charge in [0.05, 0.1) is 10.4 Å². The molecule has 1 fully saturated rings. The summed E-state index contributed by atoms with van der Waals surface area (Å²) in [4.78, 5) is 46.2. The maximum absolute atomic E-state index is 14.2. The standard InChI is InChI=1S/C22H20F2N4O3S/c1-26(2)8-9-27(22-25-20-16(24)11-14(23)12-17(20)32-22)21(31)13-4-3-5-15(10-13)28-18(29)6-7-19(28)30/h3-5,10-12H,6-9H2,1-2H3. The first-order valence-electron chi connectivity index (χ1n) is 9.92. The fourth-order valence-electron chi connectivity index (χ4n) is 3.44. The Labute approximate surface area is 186 Å². The Kier molecular flexibility index (Phi) is 5.98. The molecule has 0 bridgehead atoms. The van der Waals surface area contributed by atoms with Crippen molar-refractivity contribution in [2.75, 3.05) is 37.0 Å². The Morgan fingerprint density at radius 1 is 1.09 bits per heavy atom. The SMILES string of the molecule is CN(C)CCN(C(=O)c1cccc(N2C(=O)CCC2=O)c1)c1nc2c(F)cc(F)cc2s1. The van der Waals surface area contributed by atoms with Crippen molar-refractivity contribution in [2.45, 2.75) is 12.8 Å². The smallest absolute Gasteiger partial charge is 0.260 e. The van der Waals surface area contributed by atoms with Gasteiger partial charge in [-0.15, -0.1) is 0 Å². The number of carbonyl (C=O) groups excluding carboxylic acids is 3.